The van der Waals surface area contributed by atoms with E-state index in [4.69, 9.17) is 10.5 Å². The molecule has 142 valence electrons. The first-order valence-corrected chi connectivity index (χ1v) is 8.62. The third kappa shape index (κ3) is 3.13. The number of hydrogen-bond acceptors (Lipinski definition) is 4. The SMILES string of the molecule is NC(=O)c1cccc(OC(=O)c2nn(-c3ccc(F)c(F)c3)c3c2CCC3)c1. The van der Waals surface area contributed by atoms with Crippen LogP contribution in [0, 0.1) is 11.6 Å². The number of amides is 1. The first kappa shape index (κ1) is 17.8. The number of primary amides is 1. The van der Waals surface area contributed by atoms with Gasteiger partial charge in [0.25, 0.3) is 0 Å². The summed E-state index contributed by atoms with van der Waals surface area (Å²) in [5.74, 6) is -3.12. The number of nitrogens with zero attached hydrogens (tertiary/aromatic N) is 2. The largest absolute Gasteiger partial charge is 0.422 e. The van der Waals surface area contributed by atoms with Crippen molar-refractivity contribution in [2.24, 2.45) is 5.73 Å². The van der Waals surface area contributed by atoms with Crippen LogP contribution in [0.1, 0.15) is 38.5 Å². The van der Waals surface area contributed by atoms with Crippen LogP contribution < -0.4 is 10.5 Å². The molecule has 1 heterocycles. The summed E-state index contributed by atoms with van der Waals surface area (Å²) in [6.07, 6.45) is 2.10. The van der Waals surface area contributed by atoms with E-state index in [0.29, 0.717) is 18.5 Å². The molecule has 0 radical (unpaired) electrons. The van der Waals surface area contributed by atoms with Crippen LogP contribution in [0.15, 0.2) is 42.5 Å². The molecule has 4 rings (SSSR count). The van der Waals surface area contributed by atoms with Crippen molar-refractivity contribution in [3.05, 3.63) is 76.6 Å². The van der Waals surface area contributed by atoms with Crippen molar-refractivity contribution in [3.63, 3.8) is 0 Å². The predicted molar refractivity (Wildman–Crippen MR) is 95.4 cm³/mol. The van der Waals surface area contributed by atoms with Crippen LogP contribution in [0.2, 0.25) is 0 Å². The lowest BCUT2D eigenvalue weighted by Crippen LogP contribution is -2.14. The fourth-order valence-corrected chi connectivity index (χ4v) is 3.30. The summed E-state index contributed by atoms with van der Waals surface area (Å²) in [4.78, 5) is 24.0. The summed E-state index contributed by atoms with van der Waals surface area (Å²) in [6.45, 7) is 0. The fraction of sp³-hybridized carbons (Fsp3) is 0.150. The van der Waals surface area contributed by atoms with Gasteiger partial charge in [0.15, 0.2) is 17.3 Å². The molecule has 3 aromatic rings. The Kier molecular flexibility index (Phi) is 4.38. The quantitative estimate of drug-likeness (QED) is 0.554. The smallest absolute Gasteiger partial charge is 0.364 e. The van der Waals surface area contributed by atoms with Gasteiger partial charge >= 0.3 is 5.97 Å². The number of esters is 1. The third-order valence-corrected chi connectivity index (χ3v) is 4.60. The topological polar surface area (TPSA) is 87.2 Å². The maximum atomic E-state index is 13.6. The average Bonchev–Trinajstić information content (AvgIpc) is 3.27. The van der Waals surface area contributed by atoms with Crippen LogP contribution in [0.25, 0.3) is 5.69 Å². The van der Waals surface area contributed by atoms with E-state index in [9.17, 15) is 18.4 Å². The highest BCUT2D eigenvalue weighted by atomic mass is 19.2. The Morgan fingerprint density at radius 3 is 2.64 bits per heavy atom. The molecule has 2 N–H and O–H groups in total. The van der Waals surface area contributed by atoms with E-state index in [1.165, 1.54) is 28.9 Å². The van der Waals surface area contributed by atoms with Crippen LogP contribution in [-0.4, -0.2) is 21.7 Å². The summed E-state index contributed by atoms with van der Waals surface area (Å²) in [6, 6.07) is 9.40. The molecule has 1 aliphatic rings. The number of ether oxygens (including phenoxy) is 1. The first-order valence-electron chi connectivity index (χ1n) is 8.62. The monoisotopic (exact) mass is 383 g/mol. The van der Waals surface area contributed by atoms with Gasteiger partial charge in [0.1, 0.15) is 5.75 Å². The molecule has 0 bridgehead atoms. The fourth-order valence-electron chi connectivity index (χ4n) is 3.30. The van der Waals surface area contributed by atoms with Crippen molar-refractivity contribution in [3.8, 4) is 11.4 Å². The van der Waals surface area contributed by atoms with Crippen LogP contribution >= 0.6 is 0 Å². The Morgan fingerprint density at radius 1 is 1.07 bits per heavy atom. The van der Waals surface area contributed by atoms with Crippen molar-refractivity contribution in [2.75, 3.05) is 0 Å². The van der Waals surface area contributed by atoms with Gasteiger partial charge in [-0.2, -0.15) is 5.10 Å². The number of carbonyl (C=O) groups excluding carboxylic acids is 2. The standard InChI is InChI=1S/C20H15F2N3O3/c21-15-8-7-12(10-16(15)22)25-17-6-2-5-14(17)18(24-25)20(27)28-13-4-1-3-11(9-13)19(23)26/h1,3-4,7-10H,2,5-6H2,(H2,23,26). The van der Waals surface area contributed by atoms with Crippen molar-refractivity contribution in [1.82, 2.24) is 9.78 Å². The maximum Gasteiger partial charge on any atom is 0.364 e. The molecule has 0 saturated heterocycles. The molecule has 6 nitrogen and oxygen atoms in total. The van der Waals surface area contributed by atoms with Crippen molar-refractivity contribution in [1.29, 1.82) is 0 Å². The number of fused-ring (bicyclic) bond motifs is 1. The molecule has 0 unspecified atom stereocenters. The zero-order valence-electron chi connectivity index (χ0n) is 14.6. The molecule has 1 amide bonds. The van der Waals surface area contributed by atoms with Gasteiger partial charge in [-0.15, -0.1) is 0 Å². The Morgan fingerprint density at radius 2 is 1.89 bits per heavy atom. The molecular weight excluding hydrogens is 368 g/mol. The summed E-state index contributed by atoms with van der Waals surface area (Å²) in [7, 11) is 0. The molecule has 2 aromatic carbocycles. The lowest BCUT2D eigenvalue weighted by Gasteiger charge is -2.06. The summed E-state index contributed by atoms with van der Waals surface area (Å²) in [5, 5.41) is 4.29. The Hall–Kier alpha value is -3.55. The number of rotatable bonds is 4. The minimum Gasteiger partial charge on any atom is -0.422 e. The number of carbonyl (C=O) groups is 2. The number of benzene rings is 2. The number of nitrogens with two attached hydrogens (primary N) is 1. The highest BCUT2D eigenvalue weighted by Gasteiger charge is 2.28. The zero-order valence-corrected chi connectivity index (χ0v) is 14.6. The van der Waals surface area contributed by atoms with Gasteiger partial charge in [0.05, 0.1) is 5.69 Å². The highest BCUT2D eigenvalue weighted by molar-refractivity contribution is 5.94. The van der Waals surface area contributed by atoms with Crippen molar-refractivity contribution < 1.29 is 23.1 Å². The highest BCUT2D eigenvalue weighted by Crippen LogP contribution is 2.29. The van der Waals surface area contributed by atoms with E-state index in [0.717, 1.165) is 29.8 Å². The van der Waals surface area contributed by atoms with Gasteiger partial charge in [-0.25, -0.2) is 18.3 Å². The molecule has 28 heavy (non-hydrogen) atoms. The second kappa shape index (κ2) is 6.88. The van der Waals surface area contributed by atoms with Crippen LogP contribution in [0.5, 0.6) is 5.75 Å². The summed E-state index contributed by atoms with van der Waals surface area (Å²) < 4.78 is 33.7. The number of hydrogen-bond donors (Lipinski definition) is 1. The normalized spacial score (nSPS) is 12.6. The van der Waals surface area contributed by atoms with Gasteiger partial charge in [-0.1, -0.05) is 6.07 Å². The second-order valence-corrected chi connectivity index (χ2v) is 6.42. The van der Waals surface area contributed by atoms with E-state index >= 15 is 0 Å². The van der Waals surface area contributed by atoms with Gasteiger partial charge in [0.2, 0.25) is 5.91 Å². The van der Waals surface area contributed by atoms with Crippen LogP contribution in [0.4, 0.5) is 8.78 Å². The molecule has 1 aromatic heterocycles. The lowest BCUT2D eigenvalue weighted by atomic mass is 10.2. The Labute approximate surface area is 158 Å². The Balaban J connectivity index is 1.69. The molecular formula is C20H15F2N3O3. The van der Waals surface area contributed by atoms with E-state index in [2.05, 4.69) is 5.10 Å². The predicted octanol–water partition coefficient (Wildman–Crippen LogP) is 2.96. The summed E-state index contributed by atoms with van der Waals surface area (Å²) in [5.41, 5.74) is 7.38. The molecule has 0 atom stereocenters. The molecule has 0 saturated carbocycles. The number of aromatic nitrogens is 2. The first-order chi connectivity index (χ1) is 13.4. The molecule has 0 fully saturated rings. The minimum absolute atomic E-state index is 0.113. The second-order valence-electron chi connectivity index (χ2n) is 6.42. The van der Waals surface area contributed by atoms with E-state index in [1.807, 2.05) is 0 Å². The molecule has 0 aliphatic heterocycles. The van der Waals surface area contributed by atoms with Crippen molar-refractivity contribution in [2.45, 2.75) is 19.3 Å². The summed E-state index contributed by atoms with van der Waals surface area (Å²) >= 11 is 0. The van der Waals surface area contributed by atoms with Crippen molar-refractivity contribution >= 4 is 11.9 Å². The van der Waals surface area contributed by atoms with E-state index in [1.54, 1.807) is 6.07 Å². The molecule has 1 aliphatic carbocycles. The van der Waals surface area contributed by atoms with Gasteiger partial charge < -0.3 is 10.5 Å². The third-order valence-electron chi connectivity index (χ3n) is 4.60. The van der Waals surface area contributed by atoms with E-state index in [-0.39, 0.29) is 17.0 Å². The van der Waals surface area contributed by atoms with E-state index < -0.39 is 23.5 Å². The van der Waals surface area contributed by atoms with Gasteiger partial charge in [-0.3, -0.25) is 4.79 Å². The van der Waals surface area contributed by atoms with Crippen LogP contribution in [-0.2, 0) is 12.8 Å². The van der Waals surface area contributed by atoms with Gasteiger partial charge in [-0.05, 0) is 49.6 Å². The molecule has 8 heteroatoms. The maximum absolute atomic E-state index is 13.6. The zero-order chi connectivity index (χ0) is 19.8. The minimum atomic E-state index is -0.993. The lowest BCUT2D eigenvalue weighted by molar-refractivity contribution is 0.0726. The average molecular weight is 383 g/mol. The van der Waals surface area contributed by atoms with Crippen LogP contribution in [0.3, 0.4) is 0 Å². The molecule has 0 spiro atoms. The Bertz CT molecular complexity index is 1110. The van der Waals surface area contributed by atoms with Gasteiger partial charge in [0, 0.05) is 22.9 Å². The number of halogens is 2.